The summed E-state index contributed by atoms with van der Waals surface area (Å²) >= 11 is 0. The molecule has 0 saturated heterocycles. The highest BCUT2D eigenvalue weighted by Gasteiger charge is 2.62. The topological polar surface area (TPSA) is 0 Å². The van der Waals surface area contributed by atoms with Crippen molar-refractivity contribution in [2.45, 2.75) is 52.9 Å². The number of hydrogen-bond acceptors (Lipinski definition) is 0. The van der Waals surface area contributed by atoms with Crippen LogP contribution in [0.3, 0.4) is 0 Å². The van der Waals surface area contributed by atoms with Gasteiger partial charge in [0.15, 0.2) is 0 Å². The molecule has 2 aliphatic carbocycles. The van der Waals surface area contributed by atoms with Crippen molar-refractivity contribution in [2.24, 2.45) is 29.6 Å². The molecule has 0 radical (unpaired) electrons. The van der Waals surface area contributed by atoms with E-state index in [4.69, 9.17) is 0 Å². The molecular formula is C13H24. The summed E-state index contributed by atoms with van der Waals surface area (Å²) in [5.41, 5.74) is 0. The minimum absolute atomic E-state index is 1.03. The third-order valence-electron chi connectivity index (χ3n) is 4.47. The van der Waals surface area contributed by atoms with Crippen molar-refractivity contribution in [1.29, 1.82) is 0 Å². The molecule has 0 nitrogen and oxygen atoms in total. The Labute approximate surface area is 83.1 Å². The van der Waals surface area contributed by atoms with E-state index in [0.717, 1.165) is 17.8 Å². The molecule has 0 bridgehead atoms. The summed E-state index contributed by atoms with van der Waals surface area (Å²) in [5, 5.41) is 0. The van der Waals surface area contributed by atoms with Gasteiger partial charge < -0.3 is 0 Å². The molecule has 0 aliphatic heterocycles. The van der Waals surface area contributed by atoms with E-state index in [1.165, 1.54) is 37.5 Å². The Bertz CT molecular complexity index is 173. The van der Waals surface area contributed by atoms with Crippen LogP contribution in [0.15, 0.2) is 0 Å². The summed E-state index contributed by atoms with van der Waals surface area (Å²) in [6.07, 6.45) is 7.35. The van der Waals surface area contributed by atoms with Gasteiger partial charge in [0.25, 0.3) is 0 Å². The molecule has 0 aromatic heterocycles. The minimum Gasteiger partial charge on any atom is -0.0654 e. The monoisotopic (exact) mass is 180 g/mol. The van der Waals surface area contributed by atoms with Crippen LogP contribution in [0.5, 0.6) is 0 Å². The Morgan fingerprint density at radius 1 is 1.23 bits per heavy atom. The predicted octanol–water partition coefficient (Wildman–Crippen LogP) is 4.10. The first-order valence-corrected chi connectivity index (χ1v) is 6.29. The molecule has 0 N–H and O–H groups in total. The summed E-state index contributed by atoms with van der Waals surface area (Å²) in [6.45, 7) is 7.14. The fraction of sp³-hybridized carbons (Fsp3) is 1.00. The molecule has 5 unspecified atom stereocenters. The smallest absolute Gasteiger partial charge is 0.0321 e. The third kappa shape index (κ3) is 1.53. The van der Waals surface area contributed by atoms with Crippen LogP contribution in [0.4, 0.5) is 0 Å². The minimum atomic E-state index is 1.03. The van der Waals surface area contributed by atoms with Crippen molar-refractivity contribution in [3.05, 3.63) is 0 Å². The molecule has 0 amide bonds. The fourth-order valence-electron chi connectivity index (χ4n) is 3.85. The molecular weight excluding hydrogens is 156 g/mol. The zero-order chi connectivity index (χ0) is 9.42. The van der Waals surface area contributed by atoms with Gasteiger partial charge in [-0.05, 0) is 36.0 Å². The lowest BCUT2D eigenvalue weighted by Crippen LogP contribution is -2.14. The van der Waals surface area contributed by atoms with Crippen molar-refractivity contribution < 1.29 is 0 Å². The summed E-state index contributed by atoms with van der Waals surface area (Å²) in [6, 6.07) is 0. The summed E-state index contributed by atoms with van der Waals surface area (Å²) in [5.74, 6) is 5.68. The lowest BCUT2D eigenvalue weighted by atomic mass is 9.82. The van der Waals surface area contributed by atoms with Gasteiger partial charge in [-0.25, -0.2) is 0 Å². The first-order chi connectivity index (χ1) is 6.29. The molecule has 0 heterocycles. The molecule has 0 heteroatoms. The van der Waals surface area contributed by atoms with Crippen LogP contribution >= 0.6 is 0 Å². The van der Waals surface area contributed by atoms with Crippen molar-refractivity contribution in [3.8, 4) is 0 Å². The second-order valence-electron chi connectivity index (χ2n) is 5.37. The van der Waals surface area contributed by atoms with Crippen LogP contribution in [0.25, 0.3) is 0 Å². The molecule has 2 rings (SSSR count). The average Bonchev–Trinajstić information content (AvgIpc) is 2.68. The maximum Gasteiger partial charge on any atom is -0.0321 e. The van der Waals surface area contributed by atoms with E-state index in [0.29, 0.717) is 0 Å². The summed E-state index contributed by atoms with van der Waals surface area (Å²) in [4.78, 5) is 0. The van der Waals surface area contributed by atoms with Crippen LogP contribution < -0.4 is 0 Å². The van der Waals surface area contributed by atoms with Crippen LogP contribution in [0.2, 0.25) is 0 Å². The summed E-state index contributed by atoms with van der Waals surface area (Å²) in [7, 11) is 0. The molecule has 2 fully saturated rings. The van der Waals surface area contributed by atoms with E-state index in [2.05, 4.69) is 20.8 Å². The molecule has 2 aliphatic rings. The van der Waals surface area contributed by atoms with Gasteiger partial charge in [0.05, 0.1) is 0 Å². The number of fused-ring (bicyclic) bond motifs is 1. The van der Waals surface area contributed by atoms with E-state index in [-0.39, 0.29) is 0 Å². The maximum atomic E-state index is 2.48. The van der Waals surface area contributed by atoms with Gasteiger partial charge in [-0.3, -0.25) is 0 Å². The van der Waals surface area contributed by atoms with Crippen LogP contribution in [-0.2, 0) is 0 Å². The van der Waals surface area contributed by atoms with Gasteiger partial charge in [-0.15, -0.1) is 0 Å². The van der Waals surface area contributed by atoms with Crippen LogP contribution in [-0.4, -0.2) is 0 Å². The molecule has 0 spiro atoms. The highest BCUT2D eigenvalue weighted by molar-refractivity contribution is 5.10. The Balaban J connectivity index is 1.75. The van der Waals surface area contributed by atoms with E-state index in [9.17, 15) is 0 Å². The van der Waals surface area contributed by atoms with Crippen molar-refractivity contribution in [1.82, 2.24) is 0 Å². The zero-order valence-electron chi connectivity index (χ0n) is 9.42. The van der Waals surface area contributed by atoms with Crippen LogP contribution in [0, 0.1) is 29.6 Å². The molecule has 76 valence electrons. The van der Waals surface area contributed by atoms with Crippen molar-refractivity contribution >= 4 is 0 Å². The third-order valence-corrected chi connectivity index (χ3v) is 4.47. The lowest BCUT2D eigenvalue weighted by molar-refractivity contribution is 0.267. The highest BCUT2D eigenvalue weighted by Crippen LogP contribution is 2.68. The van der Waals surface area contributed by atoms with E-state index in [1.807, 2.05) is 0 Å². The Morgan fingerprint density at radius 3 is 2.62 bits per heavy atom. The van der Waals surface area contributed by atoms with Gasteiger partial charge in [-0.1, -0.05) is 46.5 Å². The molecule has 13 heavy (non-hydrogen) atoms. The first kappa shape index (κ1) is 9.55. The Kier molecular flexibility index (Phi) is 2.67. The van der Waals surface area contributed by atoms with Gasteiger partial charge in [0.2, 0.25) is 0 Å². The van der Waals surface area contributed by atoms with Crippen LogP contribution in [0.1, 0.15) is 52.9 Å². The molecule has 2 saturated carbocycles. The zero-order valence-corrected chi connectivity index (χ0v) is 9.42. The van der Waals surface area contributed by atoms with Gasteiger partial charge in [-0.2, -0.15) is 0 Å². The first-order valence-electron chi connectivity index (χ1n) is 6.29. The average molecular weight is 180 g/mol. The van der Waals surface area contributed by atoms with Crippen molar-refractivity contribution in [2.75, 3.05) is 0 Å². The SMILES string of the molecule is CCCC(C)C1C2CC(CCC)C21. The number of rotatable bonds is 5. The summed E-state index contributed by atoms with van der Waals surface area (Å²) < 4.78 is 0. The normalized spacial score (nSPS) is 43.6. The van der Waals surface area contributed by atoms with E-state index < -0.39 is 0 Å². The standard InChI is InChI=1S/C13H24/c1-4-6-9(3)12-11-8-10(7-5-2)13(11)12/h9-13H,4-8H2,1-3H3. The fourth-order valence-corrected chi connectivity index (χ4v) is 3.85. The molecule has 0 aromatic carbocycles. The Morgan fingerprint density at radius 2 is 2.00 bits per heavy atom. The van der Waals surface area contributed by atoms with Gasteiger partial charge in [0, 0.05) is 0 Å². The molecule has 0 aromatic rings. The second-order valence-corrected chi connectivity index (χ2v) is 5.37. The van der Waals surface area contributed by atoms with Gasteiger partial charge in [0.1, 0.15) is 0 Å². The lowest BCUT2D eigenvalue weighted by Gasteiger charge is -2.23. The van der Waals surface area contributed by atoms with E-state index >= 15 is 0 Å². The number of hydrogen-bond donors (Lipinski definition) is 0. The molecule has 5 atom stereocenters. The Hall–Kier alpha value is 0. The quantitative estimate of drug-likeness (QED) is 0.597. The van der Waals surface area contributed by atoms with Gasteiger partial charge >= 0.3 is 0 Å². The predicted molar refractivity (Wildman–Crippen MR) is 57.6 cm³/mol. The largest absolute Gasteiger partial charge is 0.0654 e. The maximum absolute atomic E-state index is 2.48. The second kappa shape index (κ2) is 3.63. The van der Waals surface area contributed by atoms with E-state index in [1.54, 1.807) is 6.42 Å². The highest BCUT2D eigenvalue weighted by atomic mass is 14.7. The van der Waals surface area contributed by atoms with Crippen molar-refractivity contribution in [3.63, 3.8) is 0 Å².